The third-order valence-corrected chi connectivity index (χ3v) is 5.98. The number of hydrogen-bond donors (Lipinski definition) is 0. The van der Waals surface area contributed by atoms with Gasteiger partial charge in [0.15, 0.2) is 5.69 Å². The topological polar surface area (TPSA) is 58.8 Å². The van der Waals surface area contributed by atoms with Crippen LogP contribution in [0, 0.1) is 0 Å². The Morgan fingerprint density at radius 3 is 2.59 bits per heavy atom. The van der Waals surface area contributed by atoms with E-state index in [2.05, 4.69) is 35.9 Å². The highest BCUT2D eigenvalue weighted by molar-refractivity contribution is 5.92. The summed E-state index contributed by atoms with van der Waals surface area (Å²) in [6.07, 6.45) is 4.62. The van der Waals surface area contributed by atoms with E-state index in [-0.39, 0.29) is 5.91 Å². The van der Waals surface area contributed by atoms with E-state index in [0.29, 0.717) is 24.2 Å². The molecule has 0 saturated carbocycles. The Balaban J connectivity index is 1.44. The quantitative estimate of drug-likeness (QED) is 0.446. The Labute approximate surface area is 189 Å². The Morgan fingerprint density at radius 2 is 1.84 bits per heavy atom. The molecular weight excluding hydrogens is 402 g/mol. The molecule has 32 heavy (non-hydrogen) atoms. The number of para-hydroxylation sites is 1. The monoisotopic (exact) mass is 433 g/mol. The molecule has 0 radical (unpaired) electrons. The van der Waals surface area contributed by atoms with Gasteiger partial charge in [-0.25, -0.2) is 4.98 Å². The van der Waals surface area contributed by atoms with Crippen LogP contribution in [-0.4, -0.2) is 39.8 Å². The number of hydrogen-bond acceptors (Lipinski definition) is 5. The van der Waals surface area contributed by atoms with Crippen molar-refractivity contribution in [3.05, 3.63) is 78.0 Å². The summed E-state index contributed by atoms with van der Waals surface area (Å²) < 4.78 is 11.7. The van der Waals surface area contributed by atoms with Gasteiger partial charge in [-0.1, -0.05) is 37.3 Å². The van der Waals surface area contributed by atoms with Crippen molar-refractivity contribution in [1.29, 1.82) is 0 Å². The minimum absolute atomic E-state index is 0.0293. The van der Waals surface area contributed by atoms with Crippen LogP contribution in [0.1, 0.15) is 55.1 Å². The van der Waals surface area contributed by atoms with E-state index in [1.807, 2.05) is 47.4 Å². The standard InChI is InChI=1S/C26H31N3O3/c1-3-20(2)29(18-25-27-24(19-31-25)26(30)28-14-7-8-15-28)17-21-10-9-13-23(16-21)32-22-11-5-4-6-12-22/h4-6,9-13,16,19-20H,3,7-8,14-15,17-18H2,1-2H3. The lowest BCUT2D eigenvalue weighted by molar-refractivity contribution is 0.0787. The molecule has 1 aromatic heterocycles. The average Bonchev–Trinajstić information content (AvgIpc) is 3.51. The van der Waals surface area contributed by atoms with Crippen molar-refractivity contribution in [3.63, 3.8) is 0 Å². The highest BCUT2D eigenvalue weighted by Gasteiger charge is 2.23. The van der Waals surface area contributed by atoms with Gasteiger partial charge in [0.05, 0.1) is 6.54 Å². The molecule has 0 aliphatic carbocycles. The van der Waals surface area contributed by atoms with Crippen LogP contribution in [-0.2, 0) is 13.1 Å². The van der Waals surface area contributed by atoms with Crippen LogP contribution in [0.3, 0.4) is 0 Å². The molecule has 4 rings (SSSR count). The van der Waals surface area contributed by atoms with Crippen molar-refractivity contribution in [2.24, 2.45) is 0 Å². The summed E-state index contributed by atoms with van der Waals surface area (Å²) in [5, 5.41) is 0. The molecule has 1 saturated heterocycles. The van der Waals surface area contributed by atoms with Crippen LogP contribution < -0.4 is 4.74 Å². The predicted octanol–water partition coefficient (Wildman–Crippen LogP) is 5.50. The average molecular weight is 434 g/mol. The molecule has 2 aromatic carbocycles. The molecular formula is C26H31N3O3. The molecule has 3 aromatic rings. The minimum atomic E-state index is -0.0293. The number of amides is 1. The number of ether oxygens (including phenoxy) is 1. The molecule has 1 fully saturated rings. The number of carbonyl (C=O) groups is 1. The van der Waals surface area contributed by atoms with E-state index >= 15 is 0 Å². The molecule has 0 spiro atoms. The molecule has 168 valence electrons. The summed E-state index contributed by atoms with van der Waals surface area (Å²) in [4.78, 5) is 21.3. The second-order valence-corrected chi connectivity index (χ2v) is 8.35. The normalized spacial score (nSPS) is 14.7. The summed E-state index contributed by atoms with van der Waals surface area (Å²) in [6.45, 7) is 7.27. The lowest BCUT2D eigenvalue weighted by atomic mass is 10.1. The third-order valence-electron chi connectivity index (χ3n) is 5.98. The van der Waals surface area contributed by atoms with Crippen LogP contribution in [0.4, 0.5) is 0 Å². The second-order valence-electron chi connectivity index (χ2n) is 8.35. The van der Waals surface area contributed by atoms with Crippen molar-refractivity contribution >= 4 is 5.91 Å². The van der Waals surface area contributed by atoms with E-state index in [0.717, 1.165) is 56.0 Å². The summed E-state index contributed by atoms with van der Waals surface area (Å²) in [5.74, 6) is 2.17. The van der Waals surface area contributed by atoms with Crippen LogP contribution in [0.15, 0.2) is 65.3 Å². The number of carbonyl (C=O) groups excluding carboxylic acids is 1. The number of rotatable bonds is 9. The maximum Gasteiger partial charge on any atom is 0.275 e. The Kier molecular flexibility index (Phi) is 7.22. The highest BCUT2D eigenvalue weighted by atomic mass is 16.5. The molecule has 2 heterocycles. The lowest BCUT2D eigenvalue weighted by Gasteiger charge is -2.27. The number of benzene rings is 2. The predicted molar refractivity (Wildman–Crippen MR) is 124 cm³/mol. The molecule has 1 unspecified atom stereocenters. The molecule has 0 N–H and O–H groups in total. The largest absolute Gasteiger partial charge is 0.457 e. The minimum Gasteiger partial charge on any atom is -0.457 e. The van der Waals surface area contributed by atoms with Crippen molar-refractivity contribution < 1.29 is 13.9 Å². The fourth-order valence-electron chi connectivity index (χ4n) is 3.93. The first-order chi connectivity index (χ1) is 15.6. The van der Waals surface area contributed by atoms with Crippen LogP contribution in [0.5, 0.6) is 11.5 Å². The fraction of sp³-hybridized carbons (Fsp3) is 0.385. The smallest absolute Gasteiger partial charge is 0.275 e. The first-order valence-corrected chi connectivity index (χ1v) is 11.4. The van der Waals surface area contributed by atoms with Gasteiger partial charge in [0.2, 0.25) is 5.89 Å². The van der Waals surface area contributed by atoms with Gasteiger partial charge in [0.1, 0.15) is 17.8 Å². The van der Waals surface area contributed by atoms with Gasteiger partial charge in [-0.15, -0.1) is 0 Å². The van der Waals surface area contributed by atoms with E-state index in [9.17, 15) is 4.79 Å². The summed E-state index contributed by atoms with van der Waals surface area (Å²) in [6, 6.07) is 18.3. The van der Waals surface area contributed by atoms with Crippen molar-refractivity contribution in [2.45, 2.75) is 52.2 Å². The van der Waals surface area contributed by atoms with Crippen molar-refractivity contribution in [1.82, 2.24) is 14.8 Å². The van der Waals surface area contributed by atoms with E-state index in [1.54, 1.807) is 0 Å². The van der Waals surface area contributed by atoms with Crippen molar-refractivity contribution in [2.75, 3.05) is 13.1 Å². The van der Waals surface area contributed by atoms with Gasteiger partial charge >= 0.3 is 0 Å². The van der Waals surface area contributed by atoms with E-state index in [1.165, 1.54) is 6.26 Å². The Hall–Kier alpha value is -3.12. The summed E-state index contributed by atoms with van der Waals surface area (Å²) in [7, 11) is 0. The molecule has 1 atom stereocenters. The zero-order valence-corrected chi connectivity index (χ0v) is 18.9. The summed E-state index contributed by atoms with van der Waals surface area (Å²) >= 11 is 0. The van der Waals surface area contributed by atoms with Crippen LogP contribution in [0.2, 0.25) is 0 Å². The number of nitrogens with zero attached hydrogens (tertiary/aromatic N) is 3. The van der Waals surface area contributed by atoms with Crippen molar-refractivity contribution in [3.8, 4) is 11.5 Å². The number of aromatic nitrogens is 1. The van der Waals surface area contributed by atoms with Gasteiger partial charge in [-0.2, -0.15) is 0 Å². The third kappa shape index (κ3) is 5.56. The Bertz CT molecular complexity index is 1010. The van der Waals surface area contributed by atoms with Gasteiger partial charge in [0.25, 0.3) is 5.91 Å². The van der Waals surface area contributed by atoms with Crippen LogP contribution >= 0.6 is 0 Å². The molecule has 6 nitrogen and oxygen atoms in total. The molecule has 1 aliphatic heterocycles. The van der Waals surface area contributed by atoms with E-state index < -0.39 is 0 Å². The number of oxazole rings is 1. The maximum atomic E-state index is 12.6. The summed E-state index contributed by atoms with van der Waals surface area (Å²) in [5.41, 5.74) is 1.56. The number of likely N-dealkylation sites (tertiary alicyclic amines) is 1. The zero-order chi connectivity index (χ0) is 22.3. The molecule has 1 amide bonds. The van der Waals surface area contributed by atoms with Gasteiger partial charge in [-0.05, 0) is 56.0 Å². The van der Waals surface area contributed by atoms with Gasteiger partial charge in [0, 0.05) is 25.7 Å². The maximum absolute atomic E-state index is 12.6. The molecule has 6 heteroatoms. The fourth-order valence-corrected chi connectivity index (χ4v) is 3.93. The SMILES string of the molecule is CCC(C)N(Cc1cccc(Oc2ccccc2)c1)Cc1nc(C(=O)N2CCCC2)co1. The van der Waals surface area contributed by atoms with Crippen LogP contribution in [0.25, 0.3) is 0 Å². The zero-order valence-electron chi connectivity index (χ0n) is 18.9. The van der Waals surface area contributed by atoms with Gasteiger partial charge in [-0.3, -0.25) is 9.69 Å². The Morgan fingerprint density at radius 1 is 1.09 bits per heavy atom. The highest BCUT2D eigenvalue weighted by Crippen LogP contribution is 2.24. The lowest BCUT2D eigenvalue weighted by Crippen LogP contribution is -2.32. The second kappa shape index (κ2) is 10.5. The first-order valence-electron chi connectivity index (χ1n) is 11.4. The van der Waals surface area contributed by atoms with Gasteiger partial charge < -0.3 is 14.1 Å². The first kappa shape index (κ1) is 22.1. The molecule has 0 bridgehead atoms. The molecule has 1 aliphatic rings. The van der Waals surface area contributed by atoms with E-state index in [4.69, 9.17) is 9.15 Å².